The standard InChI is InChI=1S/C24H31BrClN3O4S/c1-4-6-14-27-24(31)22(5-2)28(16-18-10-7-8-13-21(18)26)23(30)17-29(34(3,32)33)20-12-9-11-19(25)15-20/h7-13,15,22H,4-6,14,16-17H2,1-3H3,(H,27,31)/t22-/m0/s1. The zero-order valence-corrected chi connectivity index (χ0v) is 22.8. The molecule has 2 rings (SSSR count). The van der Waals surface area contributed by atoms with Crippen LogP contribution in [0, 0.1) is 0 Å². The van der Waals surface area contributed by atoms with Crippen LogP contribution in [0.4, 0.5) is 5.69 Å². The molecule has 2 aromatic carbocycles. The smallest absolute Gasteiger partial charge is 0.244 e. The first-order valence-corrected chi connectivity index (χ1v) is 14.1. The predicted octanol–water partition coefficient (Wildman–Crippen LogP) is 4.59. The van der Waals surface area contributed by atoms with E-state index in [1.807, 2.05) is 13.8 Å². The summed E-state index contributed by atoms with van der Waals surface area (Å²) in [6.07, 6.45) is 3.17. The highest BCUT2D eigenvalue weighted by Crippen LogP contribution is 2.24. The van der Waals surface area contributed by atoms with Gasteiger partial charge in [0.25, 0.3) is 0 Å². The molecule has 186 valence electrons. The van der Waals surface area contributed by atoms with E-state index in [2.05, 4.69) is 21.2 Å². The van der Waals surface area contributed by atoms with Gasteiger partial charge in [0.05, 0.1) is 11.9 Å². The van der Waals surface area contributed by atoms with E-state index in [-0.39, 0.29) is 12.5 Å². The lowest BCUT2D eigenvalue weighted by Gasteiger charge is -2.33. The van der Waals surface area contributed by atoms with Gasteiger partial charge in [-0.05, 0) is 42.7 Å². The molecule has 0 heterocycles. The molecule has 7 nitrogen and oxygen atoms in total. The summed E-state index contributed by atoms with van der Waals surface area (Å²) in [6, 6.07) is 13.0. The molecule has 0 aliphatic carbocycles. The Bertz CT molecular complexity index is 1100. The average molecular weight is 573 g/mol. The average Bonchev–Trinajstić information content (AvgIpc) is 2.77. The maximum Gasteiger partial charge on any atom is 0.244 e. The number of anilines is 1. The van der Waals surface area contributed by atoms with Crippen LogP contribution in [0.5, 0.6) is 0 Å². The van der Waals surface area contributed by atoms with Crippen LogP contribution in [0.15, 0.2) is 53.0 Å². The van der Waals surface area contributed by atoms with Gasteiger partial charge in [-0.15, -0.1) is 0 Å². The summed E-state index contributed by atoms with van der Waals surface area (Å²) >= 11 is 9.69. The highest BCUT2D eigenvalue weighted by molar-refractivity contribution is 9.10. The summed E-state index contributed by atoms with van der Waals surface area (Å²) in [7, 11) is -3.78. The van der Waals surface area contributed by atoms with E-state index < -0.39 is 28.5 Å². The van der Waals surface area contributed by atoms with Gasteiger partial charge >= 0.3 is 0 Å². The Morgan fingerprint density at radius 1 is 1.12 bits per heavy atom. The quantitative estimate of drug-likeness (QED) is 0.377. The van der Waals surface area contributed by atoms with Crippen molar-refractivity contribution in [3.05, 3.63) is 63.6 Å². The highest BCUT2D eigenvalue weighted by atomic mass is 79.9. The molecule has 0 saturated heterocycles. The minimum absolute atomic E-state index is 0.0777. The number of carbonyl (C=O) groups excluding carboxylic acids is 2. The van der Waals surface area contributed by atoms with Crippen LogP contribution in [0.2, 0.25) is 5.02 Å². The molecular formula is C24H31BrClN3O4S. The van der Waals surface area contributed by atoms with Gasteiger partial charge in [-0.2, -0.15) is 0 Å². The zero-order chi connectivity index (χ0) is 25.3. The minimum atomic E-state index is -3.78. The SMILES string of the molecule is CCCCNC(=O)[C@H](CC)N(Cc1ccccc1Cl)C(=O)CN(c1cccc(Br)c1)S(C)(=O)=O. The molecule has 0 radical (unpaired) electrons. The van der Waals surface area contributed by atoms with Crippen molar-refractivity contribution in [2.45, 2.75) is 45.7 Å². The summed E-state index contributed by atoms with van der Waals surface area (Å²) in [6.45, 7) is 3.98. The monoisotopic (exact) mass is 571 g/mol. The van der Waals surface area contributed by atoms with Gasteiger partial charge in [-0.1, -0.05) is 72.1 Å². The highest BCUT2D eigenvalue weighted by Gasteiger charge is 2.32. The number of carbonyl (C=O) groups is 2. The van der Waals surface area contributed by atoms with Crippen molar-refractivity contribution in [2.24, 2.45) is 0 Å². The fourth-order valence-corrected chi connectivity index (χ4v) is 4.90. The molecule has 0 saturated carbocycles. The number of nitrogens with one attached hydrogen (secondary N) is 1. The van der Waals surface area contributed by atoms with Crippen LogP contribution in [0.3, 0.4) is 0 Å². The normalized spacial score (nSPS) is 12.1. The van der Waals surface area contributed by atoms with Crippen LogP contribution in [0.25, 0.3) is 0 Å². The van der Waals surface area contributed by atoms with E-state index in [1.54, 1.807) is 48.5 Å². The number of sulfonamides is 1. The molecule has 34 heavy (non-hydrogen) atoms. The topological polar surface area (TPSA) is 86.8 Å². The fraction of sp³-hybridized carbons (Fsp3) is 0.417. The molecule has 2 aromatic rings. The van der Waals surface area contributed by atoms with Crippen molar-refractivity contribution in [1.29, 1.82) is 0 Å². The van der Waals surface area contributed by atoms with Crippen molar-refractivity contribution >= 4 is 55.1 Å². The minimum Gasteiger partial charge on any atom is -0.354 e. The molecule has 10 heteroatoms. The second-order valence-electron chi connectivity index (χ2n) is 7.93. The first-order valence-electron chi connectivity index (χ1n) is 11.1. The van der Waals surface area contributed by atoms with Gasteiger partial charge in [-0.3, -0.25) is 13.9 Å². The summed E-state index contributed by atoms with van der Waals surface area (Å²) in [5.74, 6) is -0.771. The van der Waals surface area contributed by atoms with E-state index >= 15 is 0 Å². The van der Waals surface area contributed by atoms with Gasteiger partial charge in [0.2, 0.25) is 21.8 Å². The van der Waals surface area contributed by atoms with Crippen LogP contribution in [0.1, 0.15) is 38.7 Å². The maximum absolute atomic E-state index is 13.6. The van der Waals surface area contributed by atoms with Crippen LogP contribution in [-0.4, -0.2) is 50.5 Å². The molecule has 0 aliphatic heterocycles. The second-order valence-corrected chi connectivity index (χ2v) is 11.2. The molecule has 0 fully saturated rings. The molecule has 0 aliphatic rings. The molecule has 0 unspecified atom stereocenters. The van der Waals surface area contributed by atoms with Crippen LogP contribution < -0.4 is 9.62 Å². The fourth-order valence-electron chi connectivity index (χ4n) is 3.48. The van der Waals surface area contributed by atoms with E-state index in [0.717, 1.165) is 23.4 Å². The number of nitrogens with zero attached hydrogens (tertiary/aromatic N) is 2. The predicted molar refractivity (Wildman–Crippen MR) is 140 cm³/mol. The lowest BCUT2D eigenvalue weighted by molar-refractivity contribution is -0.140. The molecule has 2 amide bonds. The van der Waals surface area contributed by atoms with Crippen LogP contribution in [-0.2, 0) is 26.2 Å². The van der Waals surface area contributed by atoms with Crippen LogP contribution >= 0.6 is 27.5 Å². The summed E-state index contributed by atoms with van der Waals surface area (Å²) in [5.41, 5.74) is 1.02. The largest absolute Gasteiger partial charge is 0.354 e. The summed E-state index contributed by atoms with van der Waals surface area (Å²) in [5, 5.41) is 3.36. The number of benzene rings is 2. The van der Waals surface area contributed by atoms with Crippen molar-refractivity contribution in [1.82, 2.24) is 10.2 Å². The van der Waals surface area contributed by atoms with Crippen molar-refractivity contribution in [2.75, 3.05) is 23.7 Å². The molecule has 0 spiro atoms. The van der Waals surface area contributed by atoms with Crippen molar-refractivity contribution in [3.8, 4) is 0 Å². The maximum atomic E-state index is 13.6. The lowest BCUT2D eigenvalue weighted by atomic mass is 10.1. The van der Waals surface area contributed by atoms with E-state index in [0.29, 0.717) is 33.7 Å². The van der Waals surface area contributed by atoms with E-state index in [9.17, 15) is 18.0 Å². The first-order chi connectivity index (χ1) is 16.1. The van der Waals surface area contributed by atoms with Crippen molar-refractivity contribution < 1.29 is 18.0 Å². The number of rotatable bonds is 12. The van der Waals surface area contributed by atoms with Gasteiger partial charge in [0.1, 0.15) is 12.6 Å². The Balaban J connectivity index is 2.41. The third kappa shape index (κ3) is 7.99. The Morgan fingerprint density at radius 3 is 2.41 bits per heavy atom. The molecule has 0 bridgehead atoms. The number of hydrogen-bond donors (Lipinski definition) is 1. The Morgan fingerprint density at radius 2 is 1.82 bits per heavy atom. The third-order valence-corrected chi connectivity index (χ3v) is 7.29. The van der Waals surface area contributed by atoms with E-state index in [4.69, 9.17) is 11.6 Å². The number of halogens is 2. The number of hydrogen-bond acceptors (Lipinski definition) is 4. The Kier molecular flexibility index (Phi) is 10.9. The number of amides is 2. The summed E-state index contributed by atoms with van der Waals surface area (Å²) in [4.78, 5) is 28.0. The van der Waals surface area contributed by atoms with E-state index in [1.165, 1.54) is 4.90 Å². The Labute approximate surface area is 215 Å². The lowest BCUT2D eigenvalue weighted by Crippen LogP contribution is -2.52. The Hall–Kier alpha value is -2.10. The van der Waals surface area contributed by atoms with Gasteiger partial charge < -0.3 is 10.2 Å². The summed E-state index contributed by atoms with van der Waals surface area (Å²) < 4.78 is 26.9. The molecule has 1 N–H and O–H groups in total. The van der Waals surface area contributed by atoms with Gasteiger partial charge in [0.15, 0.2) is 0 Å². The van der Waals surface area contributed by atoms with Crippen molar-refractivity contribution in [3.63, 3.8) is 0 Å². The zero-order valence-electron chi connectivity index (χ0n) is 19.6. The first kappa shape index (κ1) is 28.1. The van der Waals surface area contributed by atoms with Gasteiger partial charge in [0, 0.05) is 22.6 Å². The van der Waals surface area contributed by atoms with Gasteiger partial charge in [-0.25, -0.2) is 8.42 Å². The second kappa shape index (κ2) is 13.1. The number of unbranched alkanes of at least 4 members (excludes halogenated alkanes) is 1. The molecule has 1 atom stereocenters. The third-order valence-electron chi connectivity index (χ3n) is 5.29. The molecular weight excluding hydrogens is 542 g/mol. The molecule has 0 aromatic heterocycles.